The lowest BCUT2D eigenvalue weighted by atomic mass is 10.1. The van der Waals surface area contributed by atoms with Gasteiger partial charge >= 0.3 is 5.97 Å². The molecule has 3 aromatic carbocycles. The summed E-state index contributed by atoms with van der Waals surface area (Å²) in [5.74, 6) is -2.04. The van der Waals surface area contributed by atoms with Crippen molar-refractivity contribution in [2.75, 3.05) is 22.1 Å². The van der Waals surface area contributed by atoms with Crippen molar-refractivity contribution in [3.8, 4) is 0 Å². The molecular formula is C27H22ClN3O5. The van der Waals surface area contributed by atoms with Gasteiger partial charge in [-0.25, -0.2) is 9.69 Å². The summed E-state index contributed by atoms with van der Waals surface area (Å²) >= 11 is 6.16. The van der Waals surface area contributed by atoms with Gasteiger partial charge in [-0.3, -0.25) is 14.4 Å². The molecule has 2 N–H and O–H groups in total. The van der Waals surface area contributed by atoms with Gasteiger partial charge in [0.2, 0.25) is 0 Å². The van der Waals surface area contributed by atoms with E-state index in [1.54, 1.807) is 78.9 Å². The van der Waals surface area contributed by atoms with Crippen LogP contribution in [0, 0.1) is 0 Å². The Bertz CT molecular complexity index is 1350. The lowest BCUT2D eigenvalue weighted by molar-refractivity contribution is -0.120. The number of benzene rings is 3. The first kappa shape index (κ1) is 24.7. The summed E-state index contributed by atoms with van der Waals surface area (Å²) in [6.07, 6.45) is 0.715. The number of nitrogens with zero attached hydrogens (tertiary/aromatic N) is 1. The van der Waals surface area contributed by atoms with Crippen molar-refractivity contribution in [1.29, 1.82) is 0 Å². The van der Waals surface area contributed by atoms with Gasteiger partial charge < -0.3 is 15.4 Å². The molecule has 8 nitrogen and oxygen atoms in total. The van der Waals surface area contributed by atoms with Crippen LogP contribution >= 0.6 is 11.6 Å². The molecule has 0 aliphatic carbocycles. The molecule has 0 atom stereocenters. The number of anilines is 3. The van der Waals surface area contributed by atoms with Crippen LogP contribution in [0.2, 0.25) is 0 Å². The Labute approximate surface area is 212 Å². The van der Waals surface area contributed by atoms with E-state index in [4.69, 9.17) is 16.3 Å². The number of carbonyl (C=O) groups excluding carboxylic acids is 4. The first-order valence-electron chi connectivity index (χ1n) is 11.2. The highest BCUT2D eigenvalue weighted by Crippen LogP contribution is 2.30. The number of nitrogens with one attached hydrogen (secondary N) is 2. The van der Waals surface area contributed by atoms with Crippen LogP contribution in [0.4, 0.5) is 17.1 Å². The van der Waals surface area contributed by atoms with E-state index in [0.29, 0.717) is 41.2 Å². The Hall–Kier alpha value is -4.43. The fraction of sp³-hybridized carbons (Fsp3) is 0.111. The average Bonchev–Trinajstić information content (AvgIpc) is 3.11. The molecule has 0 fully saturated rings. The number of hydrogen-bond acceptors (Lipinski definition) is 6. The van der Waals surface area contributed by atoms with Crippen LogP contribution in [0.25, 0.3) is 0 Å². The second-order valence-corrected chi connectivity index (χ2v) is 8.22. The van der Waals surface area contributed by atoms with Crippen molar-refractivity contribution >= 4 is 52.4 Å². The summed E-state index contributed by atoms with van der Waals surface area (Å²) in [5, 5.41) is 5.40. The number of halogens is 1. The van der Waals surface area contributed by atoms with E-state index < -0.39 is 17.8 Å². The first-order chi connectivity index (χ1) is 17.4. The minimum atomic E-state index is -0.618. The minimum absolute atomic E-state index is 0.0468. The average molecular weight is 504 g/mol. The molecule has 36 heavy (non-hydrogen) atoms. The van der Waals surface area contributed by atoms with Gasteiger partial charge in [-0.2, -0.15) is 0 Å². The zero-order valence-corrected chi connectivity index (χ0v) is 20.0. The Morgan fingerprint density at radius 2 is 1.58 bits per heavy atom. The molecule has 1 aliphatic heterocycles. The largest absolute Gasteiger partial charge is 0.462 e. The molecule has 0 bridgehead atoms. The van der Waals surface area contributed by atoms with E-state index in [1.165, 1.54) is 0 Å². The Morgan fingerprint density at radius 1 is 0.861 bits per heavy atom. The van der Waals surface area contributed by atoms with E-state index in [9.17, 15) is 19.2 Å². The molecule has 1 aliphatic rings. The molecule has 4 rings (SSSR count). The summed E-state index contributed by atoms with van der Waals surface area (Å²) in [6, 6.07) is 21.3. The number of amides is 3. The van der Waals surface area contributed by atoms with E-state index in [-0.39, 0.29) is 16.6 Å². The summed E-state index contributed by atoms with van der Waals surface area (Å²) in [4.78, 5) is 51.1. The third-order valence-corrected chi connectivity index (χ3v) is 5.60. The topological polar surface area (TPSA) is 105 Å². The van der Waals surface area contributed by atoms with Crippen LogP contribution in [-0.2, 0) is 14.3 Å². The second-order valence-electron chi connectivity index (χ2n) is 7.84. The van der Waals surface area contributed by atoms with E-state index in [2.05, 4.69) is 10.6 Å². The normalized spacial score (nSPS) is 13.1. The summed E-state index contributed by atoms with van der Waals surface area (Å²) < 4.78 is 5.12. The molecule has 3 amide bonds. The van der Waals surface area contributed by atoms with Crippen molar-refractivity contribution in [2.45, 2.75) is 13.3 Å². The molecule has 0 spiro atoms. The van der Waals surface area contributed by atoms with Crippen LogP contribution in [0.15, 0.2) is 89.6 Å². The number of para-hydroxylation sites is 1. The smallest absolute Gasteiger partial charge is 0.338 e. The van der Waals surface area contributed by atoms with Crippen LogP contribution in [0.3, 0.4) is 0 Å². The van der Waals surface area contributed by atoms with Gasteiger partial charge in [0, 0.05) is 16.9 Å². The maximum Gasteiger partial charge on any atom is 0.338 e. The number of rotatable bonds is 8. The third-order valence-electron chi connectivity index (χ3n) is 5.25. The molecule has 0 aromatic heterocycles. The molecule has 9 heteroatoms. The van der Waals surface area contributed by atoms with Crippen molar-refractivity contribution in [1.82, 2.24) is 0 Å². The standard InChI is InChI=1S/C27H22ClN3O5/c1-2-15-36-27(35)18-7-6-8-20(16-18)30-24(32)17-11-13-19(14-12-17)29-23-22(28)25(33)31(26(23)34)21-9-4-3-5-10-21/h3-14,16,29H,2,15H2,1H3,(H,30,32). The number of ether oxygens (including phenoxy) is 1. The zero-order valence-electron chi connectivity index (χ0n) is 19.3. The summed E-state index contributed by atoms with van der Waals surface area (Å²) in [5.41, 5.74) is 1.97. The van der Waals surface area contributed by atoms with E-state index in [0.717, 1.165) is 4.90 Å². The second kappa shape index (κ2) is 10.9. The van der Waals surface area contributed by atoms with Crippen molar-refractivity contribution in [3.63, 3.8) is 0 Å². The van der Waals surface area contributed by atoms with Crippen LogP contribution < -0.4 is 15.5 Å². The SMILES string of the molecule is CCCOC(=O)c1cccc(NC(=O)c2ccc(NC3=C(Cl)C(=O)N(c4ccccc4)C3=O)cc2)c1. The molecule has 182 valence electrons. The molecular weight excluding hydrogens is 482 g/mol. The van der Waals surface area contributed by atoms with E-state index >= 15 is 0 Å². The fourth-order valence-corrected chi connectivity index (χ4v) is 3.69. The molecule has 0 unspecified atom stereocenters. The van der Waals surface area contributed by atoms with Gasteiger partial charge in [0.15, 0.2) is 0 Å². The van der Waals surface area contributed by atoms with Gasteiger partial charge in [-0.15, -0.1) is 0 Å². The number of hydrogen-bond donors (Lipinski definition) is 2. The lowest BCUT2D eigenvalue weighted by Crippen LogP contribution is -2.32. The minimum Gasteiger partial charge on any atom is -0.462 e. The van der Waals surface area contributed by atoms with Crippen molar-refractivity contribution in [2.24, 2.45) is 0 Å². The van der Waals surface area contributed by atoms with Gasteiger partial charge in [-0.1, -0.05) is 42.8 Å². The highest BCUT2D eigenvalue weighted by atomic mass is 35.5. The van der Waals surface area contributed by atoms with Gasteiger partial charge in [0.25, 0.3) is 17.7 Å². The molecule has 3 aromatic rings. The molecule has 0 saturated carbocycles. The van der Waals surface area contributed by atoms with Crippen LogP contribution in [-0.4, -0.2) is 30.3 Å². The molecule has 0 radical (unpaired) electrons. The van der Waals surface area contributed by atoms with Crippen molar-refractivity contribution < 1.29 is 23.9 Å². The van der Waals surface area contributed by atoms with Crippen LogP contribution in [0.1, 0.15) is 34.1 Å². The number of carbonyl (C=O) groups is 4. The van der Waals surface area contributed by atoms with Gasteiger partial charge in [0.1, 0.15) is 10.7 Å². The van der Waals surface area contributed by atoms with Crippen molar-refractivity contribution in [3.05, 3.63) is 101 Å². The van der Waals surface area contributed by atoms with Gasteiger partial charge in [-0.05, 0) is 61.0 Å². The Morgan fingerprint density at radius 3 is 2.28 bits per heavy atom. The number of imide groups is 1. The van der Waals surface area contributed by atoms with Crippen LogP contribution in [0.5, 0.6) is 0 Å². The summed E-state index contributed by atoms with van der Waals surface area (Å²) in [7, 11) is 0. The quantitative estimate of drug-likeness (QED) is 0.333. The summed E-state index contributed by atoms with van der Waals surface area (Å²) in [6.45, 7) is 2.22. The molecule has 1 heterocycles. The molecule has 0 saturated heterocycles. The monoisotopic (exact) mass is 503 g/mol. The van der Waals surface area contributed by atoms with Gasteiger partial charge in [0.05, 0.1) is 17.9 Å². The predicted molar refractivity (Wildman–Crippen MR) is 137 cm³/mol. The number of esters is 1. The van der Waals surface area contributed by atoms with E-state index in [1.807, 2.05) is 6.92 Å². The lowest BCUT2D eigenvalue weighted by Gasteiger charge is -2.15. The zero-order chi connectivity index (χ0) is 25.7. The Balaban J connectivity index is 1.43. The maximum atomic E-state index is 12.8. The maximum absolute atomic E-state index is 12.8. The Kier molecular flexibility index (Phi) is 7.46. The fourth-order valence-electron chi connectivity index (χ4n) is 3.48. The first-order valence-corrected chi connectivity index (χ1v) is 11.6. The predicted octanol–water partition coefficient (Wildman–Crippen LogP) is 4.94. The third kappa shape index (κ3) is 5.29. The highest BCUT2D eigenvalue weighted by Gasteiger charge is 2.38. The highest BCUT2D eigenvalue weighted by molar-refractivity contribution is 6.53.